The normalized spacial score (nSPS) is 19.1. The molecule has 0 spiro atoms. The van der Waals surface area contributed by atoms with E-state index < -0.39 is 30.1 Å². The number of benzene rings is 1. The van der Waals surface area contributed by atoms with Crippen LogP contribution in [-0.2, 0) is 9.31 Å². The van der Waals surface area contributed by atoms with Crippen molar-refractivity contribution in [2.24, 2.45) is 0 Å². The Morgan fingerprint density at radius 3 is 1.96 bits per heavy atom. The van der Waals surface area contributed by atoms with Crippen molar-refractivity contribution >= 4 is 18.6 Å². The van der Waals surface area contributed by atoms with E-state index in [4.69, 9.17) is 14.4 Å². The number of hydrogen-bond donors (Lipinski definition) is 1. The lowest BCUT2D eigenvalue weighted by Gasteiger charge is -2.42. The molecule has 1 aromatic carbocycles. The summed E-state index contributed by atoms with van der Waals surface area (Å²) in [5.41, 5.74) is -1.20. The van der Waals surface area contributed by atoms with E-state index in [-0.39, 0.29) is 11.0 Å². The molecule has 0 aliphatic carbocycles. The van der Waals surface area contributed by atoms with Crippen LogP contribution in [0, 0.1) is 5.82 Å². The molecule has 1 heterocycles. The van der Waals surface area contributed by atoms with Crippen molar-refractivity contribution in [3.8, 4) is 0 Å². The first-order chi connectivity index (χ1) is 10.9. The van der Waals surface area contributed by atoms with Crippen LogP contribution >= 0.6 is 0 Å². The molecule has 0 radical (unpaired) electrons. The average molecular weight is 322 g/mol. The number of halogens is 1. The number of rotatable bonds is 6. The average Bonchev–Trinajstić information content (AvgIpc) is 2.90. The largest absolute Gasteiger partial charge is 0.497 e. The molecule has 23 heavy (non-hydrogen) atoms. The molecule has 0 aromatic heterocycles. The molecule has 1 aliphatic heterocycles. The lowest BCUT2D eigenvalue weighted by Crippen LogP contribution is -2.50. The summed E-state index contributed by atoms with van der Waals surface area (Å²) in [6, 6.07) is 4.30. The first kappa shape index (κ1) is 18.0. The molecule has 0 amide bonds. The summed E-state index contributed by atoms with van der Waals surface area (Å²) in [5.74, 6) is -2.08. The van der Waals surface area contributed by atoms with E-state index in [0.29, 0.717) is 0 Å². The molecular formula is C17H24BFO4. The summed E-state index contributed by atoms with van der Waals surface area (Å²) in [4.78, 5) is 11.1. The minimum atomic E-state index is -1.29. The van der Waals surface area contributed by atoms with Gasteiger partial charge >= 0.3 is 13.1 Å². The van der Waals surface area contributed by atoms with Crippen molar-refractivity contribution in [1.29, 1.82) is 0 Å². The number of aromatic carboxylic acids is 1. The molecule has 0 atom stereocenters. The van der Waals surface area contributed by atoms with Crippen LogP contribution in [0.5, 0.6) is 0 Å². The minimum absolute atomic E-state index is 0.153. The number of hydrogen-bond acceptors (Lipinski definition) is 3. The molecule has 0 saturated carbocycles. The van der Waals surface area contributed by atoms with Gasteiger partial charge in [-0.05, 0) is 31.7 Å². The highest BCUT2D eigenvalue weighted by Crippen LogP contribution is 2.46. The van der Waals surface area contributed by atoms with Crippen molar-refractivity contribution in [1.82, 2.24) is 0 Å². The Morgan fingerprint density at radius 1 is 1.09 bits per heavy atom. The third kappa shape index (κ3) is 2.68. The molecule has 2 rings (SSSR count). The summed E-state index contributed by atoms with van der Waals surface area (Å²) < 4.78 is 26.9. The maximum Gasteiger partial charge on any atom is 0.497 e. The predicted molar refractivity (Wildman–Crippen MR) is 87.5 cm³/mol. The van der Waals surface area contributed by atoms with Crippen molar-refractivity contribution in [2.45, 2.75) is 64.6 Å². The van der Waals surface area contributed by atoms with E-state index in [2.05, 4.69) is 0 Å². The van der Waals surface area contributed by atoms with E-state index in [1.54, 1.807) is 0 Å². The molecule has 1 saturated heterocycles. The third-order valence-corrected chi connectivity index (χ3v) is 5.29. The molecule has 0 bridgehead atoms. The molecule has 0 unspecified atom stereocenters. The zero-order chi connectivity index (χ0) is 17.3. The highest BCUT2D eigenvalue weighted by atomic mass is 19.1. The van der Waals surface area contributed by atoms with Crippen LogP contribution in [0.15, 0.2) is 18.2 Å². The number of carbonyl (C=O) groups is 1. The summed E-state index contributed by atoms with van der Waals surface area (Å²) in [6.45, 7) is 8.16. The van der Waals surface area contributed by atoms with Gasteiger partial charge in [-0.25, -0.2) is 9.18 Å². The minimum Gasteiger partial charge on any atom is -0.478 e. The Labute approximate surface area is 137 Å². The summed E-state index contributed by atoms with van der Waals surface area (Å²) in [6.07, 6.45) is 3.01. The highest BCUT2D eigenvalue weighted by molar-refractivity contribution is 6.62. The second kappa shape index (κ2) is 6.61. The van der Waals surface area contributed by atoms with Crippen LogP contribution in [0.1, 0.15) is 63.7 Å². The molecule has 4 nitrogen and oxygen atoms in total. The van der Waals surface area contributed by atoms with Crippen LogP contribution in [0.4, 0.5) is 4.39 Å². The first-order valence-electron chi connectivity index (χ1n) is 8.27. The summed E-state index contributed by atoms with van der Waals surface area (Å²) in [7, 11) is -0.880. The van der Waals surface area contributed by atoms with E-state index in [1.165, 1.54) is 18.2 Å². The fraction of sp³-hybridized carbons (Fsp3) is 0.588. The lowest BCUT2D eigenvalue weighted by atomic mass is 9.75. The molecule has 6 heteroatoms. The third-order valence-electron chi connectivity index (χ3n) is 5.29. The summed E-state index contributed by atoms with van der Waals surface area (Å²) >= 11 is 0. The van der Waals surface area contributed by atoms with Crippen molar-refractivity contribution in [3.63, 3.8) is 0 Å². The quantitative estimate of drug-likeness (QED) is 0.816. The standard InChI is InChI=1S/C17H24BFO4/c1-5-16(6-2)17(7-3,8-4)23-18(22-16)13-11-9-10-12(14(13)19)15(20)21/h9-11H,5-8H2,1-4H3,(H,20,21). The first-order valence-corrected chi connectivity index (χ1v) is 8.27. The van der Waals surface area contributed by atoms with Gasteiger partial charge in [-0.2, -0.15) is 0 Å². The highest BCUT2D eigenvalue weighted by Gasteiger charge is 2.59. The van der Waals surface area contributed by atoms with Gasteiger partial charge in [0.1, 0.15) is 5.82 Å². The Kier molecular flexibility index (Phi) is 5.16. The van der Waals surface area contributed by atoms with Gasteiger partial charge < -0.3 is 14.4 Å². The molecule has 1 fully saturated rings. The monoisotopic (exact) mass is 322 g/mol. The maximum atomic E-state index is 14.6. The Hall–Kier alpha value is -1.40. The molecular weight excluding hydrogens is 298 g/mol. The van der Waals surface area contributed by atoms with Crippen molar-refractivity contribution < 1.29 is 23.6 Å². The van der Waals surface area contributed by atoms with Gasteiger partial charge in [0, 0.05) is 5.46 Å². The van der Waals surface area contributed by atoms with Gasteiger partial charge in [0.2, 0.25) is 0 Å². The predicted octanol–water partition coefficient (Wildman–Crippen LogP) is 3.38. The van der Waals surface area contributed by atoms with Crippen LogP contribution < -0.4 is 5.46 Å². The number of carboxylic acids is 1. The van der Waals surface area contributed by atoms with Gasteiger partial charge in [0.15, 0.2) is 0 Å². The Morgan fingerprint density at radius 2 is 1.57 bits per heavy atom. The molecule has 1 aromatic rings. The Bertz CT molecular complexity index is 562. The molecule has 1 aliphatic rings. The fourth-order valence-corrected chi connectivity index (χ4v) is 3.79. The SMILES string of the molecule is CCC1(CC)OB(c2cccc(C(=O)O)c2F)OC1(CC)CC. The lowest BCUT2D eigenvalue weighted by molar-refractivity contribution is -0.0601. The van der Waals surface area contributed by atoms with E-state index in [1.807, 2.05) is 27.7 Å². The van der Waals surface area contributed by atoms with Crippen LogP contribution in [0.2, 0.25) is 0 Å². The second-order valence-electron chi connectivity index (χ2n) is 5.98. The van der Waals surface area contributed by atoms with Crippen molar-refractivity contribution in [2.75, 3.05) is 0 Å². The Balaban J connectivity index is 2.48. The van der Waals surface area contributed by atoms with E-state index >= 15 is 0 Å². The zero-order valence-electron chi connectivity index (χ0n) is 14.2. The van der Waals surface area contributed by atoms with Gasteiger partial charge in [0.25, 0.3) is 0 Å². The van der Waals surface area contributed by atoms with Crippen LogP contribution in [0.3, 0.4) is 0 Å². The van der Waals surface area contributed by atoms with Crippen molar-refractivity contribution in [3.05, 3.63) is 29.6 Å². The van der Waals surface area contributed by atoms with Gasteiger partial charge in [0.05, 0.1) is 16.8 Å². The zero-order valence-corrected chi connectivity index (χ0v) is 14.2. The summed E-state index contributed by atoms with van der Waals surface area (Å²) in [5, 5.41) is 9.10. The molecule has 126 valence electrons. The maximum absolute atomic E-state index is 14.6. The number of carboxylic acid groups (broad SMARTS) is 1. The van der Waals surface area contributed by atoms with E-state index in [9.17, 15) is 9.18 Å². The van der Waals surface area contributed by atoms with E-state index in [0.717, 1.165) is 25.7 Å². The second-order valence-corrected chi connectivity index (χ2v) is 5.98. The van der Waals surface area contributed by atoms with Gasteiger partial charge in [-0.1, -0.05) is 39.8 Å². The fourth-order valence-electron chi connectivity index (χ4n) is 3.79. The molecule has 1 N–H and O–H groups in total. The smallest absolute Gasteiger partial charge is 0.478 e. The van der Waals surface area contributed by atoms with Crippen LogP contribution in [0.25, 0.3) is 0 Å². The van der Waals surface area contributed by atoms with Gasteiger partial charge in [-0.15, -0.1) is 0 Å². The van der Waals surface area contributed by atoms with Gasteiger partial charge in [-0.3, -0.25) is 0 Å². The topological polar surface area (TPSA) is 55.8 Å². The van der Waals surface area contributed by atoms with Crippen LogP contribution in [-0.4, -0.2) is 29.4 Å².